The van der Waals surface area contributed by atoms with E-state index in [1.165, 1.54) is 33.5 Å². The van der Waals surface area contributed by atoms with Gasteiger partial charge in [0.25, 0.3) is 0 Å². The zero-order chi connectivity index (χ0) is 17.4. The molecule has 1 fully saturated rings. The second-order valence-electron chi connectivity index (χ2n) is 6.03. The van der Waals surface area contributed by atoms with Gasteiger partial charge in [-0.15, -0.1) is 0 Å². The molecule has 1 aromatic carbocycles. The molecule has 0 aliphatic carbocycles. The lowest BCUT2D eigenvalue weighted by molar-refractivity contribution is 0.862. The number of rotatable bonds is 4. The van der Waals surface area contributed by atoms with Crippen molar-refractivity contribution in [3.63, 3.8) is 0 Å². The van der Waals surface area contributed by atoms with Crippen molar-refractivity contribution in [3.8, 4) is 0 Å². The first kappa shape index (κ1) is 18.8. The number of hydrogen-bond acceptors (Lipinski definition) is 3. The van der Waals surface area contributed by atoms with E-state index < -0.39 is 0 Å². The number of nitrogens with zero attached hydrogens (tertiary/aromatic N) is 1. The fraction of sp³-hybridized carbons (Fsp3) is 0.381. The fourth-order valence-electron chi connectivity index (χ4n) is 3.14. The van der Waals surface area contributed by atoms with Gasteiger partial charge in [-0.25, -0.2) is 0 Å². The van der Waals surface area contributed by atoms with Crippen LogP contribution >= 0.6 is 12.6 Å². The maximum absolute atomic E-state index is 4.76. The maximum Gasteiger partial charge on any atom is 0.0739 e. The fourth-order valence-corrected chi connectivity index (χ4v) is 3.14. The van der Waals surface area contributed by atoms with Gasteiger partial charge in [-0.05, 0) is 55.3 Å². The minimum absolute atomic E-state index is 0.978. The molecular formula is C21H28N2S. The summed E-state index contributed by atoms with van der Waals surface area (Å²) in [6.07, 6.45) is 6.96. The third kappa shape index (κ3) is 4.49. The summed E-state index contributed by atoms with van der Waals surface area (Å²) in [7, 11) is 0. The van der Waals surface area contributed by atoms with E-state index >= 15 is 0 Å². The molecule has 1 aliphatic heterocycles. The van der Waals surface area contributed by atoms with E-state index in [4.69, 9.17) is 4.98 Å². The second-order valence-corrected chi connectivity index (χ2v) is 6.03. The first-order chi connectivity index (χ1) is 11.8. The summed E-state index contributed by atoms with van der Waals surface area (Å²) in [5.74, 6) is 0. The first-order valence-electron chi connectivity index (χ1n) is 8.68. The van der Waals surface area contributed by atoms with Crippen LogP contribution in [0.15, 0.2) is 48.2 Å². The first-order valence-corrected chi connectivity index (χ1v) is 9.58. The van der Waals surface area contributed by atoms with Gasteiger partial charge in [0.05, 0.1) is 5.69 Å². The minimum atomic E-state index is 0.978. The van der Waals surface area contributed by atoms with Crippen LogP contribution in [0.2, 0.25) is 0 Å². The second kappa shape index (κ2) is 9.65. The summed E-state index contributed by atoms with van der Waals surface area (Å²) in [6, 6.07) is 13.1. The molecule has 0 saturated carbocycles. The Labute approximate surface area is 151 Å². The molecule has 0 radical (unpaired) electrons. The highest BCUT2D eigenvalue weighted by Gasteiger charge is 2.18. The van der Waals surface area contributed by atoms with Gasteiger partial charge in [0.1, 0.15) is 0 Å². The summed E-state index contributed by atoms with van der Waals surface area (Å²) in [5.41, 5.74) is 7.95. The van der Waals surface area contributed by atoms with Gasteiger partial charge in [-0.3, -0.25) is 4.98 Å². The monoisotopic (exact) mass is 340 g/mol. The van der Waals surface area contributed by atoms with Crippen molar-refractivity contribution in [2.24, 2.45) is 0 Å². The molecular weight excluding hydrogens is 312 g/mol. The highest BCUT2D eigenvalue weighted by Crippen LogP contribution is 2.31. The van der Waals surface area contributed by atoms with Crippen LogP contribution in [0.1, 0.15) is 42.1 Å². The van der Waals surface area contributed by atoms with Crippen LogP contribution in [0.5, 0.6) is 0 Å². The zero-order valence-electron chi connectivity index (χ0n) is 15.0. The van der Waals surface area contributed by atoms with Crippen LogP contribution in [0, 0.1) is 6.92 Å². The number of nitrogens with one attached hydrogen (secondary N) is 1. The van der Waals surface area contributed by atoms with Crippen LogP contribution in [0.4, 0.5) is 0 Å². The SMILES string of the molecule is CCCc1cccnc1/C(=C1/CCNC1)c1ccc(C)cc1.CS. The molecule has 3 rings (SSSR count). The maximum atomic E-state index is 4.76. The topological polar surface area (TPSA) is 24.9 Å². The third-order valence-corrected chi connectivity index (χ3v) is 4.28. The number of pyridine rings is 1. The van der Waals surface area contributed by atoms with Crippen molar-refractivity contribution in [2.45, 2.75) is 33.1 Å². The third-order valence-electron chi connectivity index (χ3n) is 4.28. The van der Waals surface area contributed by atoms with Gasteiger partial charge < -0.3 is 5.32 Å². The molecule has 1 aromatic heterocycles. The molecule has 3 heteroatoms. The van der Waals surface area contributed by atoms with Crippen LogP contribution in [0.3, 0.4) is 0 Å². The van der Waals surface area contributed by atoms with Crippen LogP contribution in [0.25, 0.3) is 5.57 Å². The molecule has 2 aromatic rings. The van der Waals surface area contributed by atoms with Crippen molar-refractivity contribution in [2.75, 3.05) is 19.3 Å². The number of thiol groups is 1. The molecule has 0 bridgehead atoms. The molecule has 1 aliphatic rings. The van der Waals surface area contributed by atoms with Gasteiger partial charge in [0.15, 0.2) is 0 Å². The molecule has 0 atom stereocenters. The Morgan fingerprint density at radius 3 is 2.54 bits per heavy atom. The highest BCUT2D eigenvalue weighted by atomic mass is 32.1. The summed E-state index contributed by atoms with van der Waals surface area (Å²) in [5, 5.41) is 3.47. The number of aromatic nitrogens is 1. The summed E-state index contributed by atoms with van der Waals surface area (Å²) in [4.78, 5) is 4.76. The van der Waals surface area contributed by atoms with E-state index in [0.29, 0.717) is 0 Å². The highest BCUT2D eigenvalue weighted by molar-refractivity contribution is 7.79. The number of benzene rings is 1. The lowest BCUT2D eigenvalue weighted by Crippen LogP contribution is -2.07. The average molecular weight is 341 g/mol. The molecule has 2 nitrogen and oxygen atoms in total. The summed E-state index contributed by atoms with van der Waals surface area (Å²) in [6.45, 7) is 6.41. The van der Waals surface area contributed by atoms with Crippen molar-refractivity contribution in [1.82, 2.24) is 10.3 Å². The Kier molecular flexibility index (Phi) is 7.54. The van der Waals surface area contributed by atoms with Crippen molar-refractivity contribution in [1.29, 1.82) is 0 Å². The van der Waals surface area contributed by atoms with Crippen molar-refractivity contribution >= 4 is 18.2 Å². The van der Waals surface area contributed by atoms with Gasteiger partial charge in [0.2, 0.25) is 0 Å². The quantitative estimate of drug-likeness (QED) is 0.790. The normalized spacial score (nSPS) is 15.7. The minimum Gasteiger partial charge on any atom is -0.313 e. The van der Waals surface area contributed by atoms with Crippen molar-refractivity contribution < 1.29 is 0 Å². The molecule has 1 saturated heterocycles. The van der Waals surface area contributed by atoms with E-state index in [2.05, 4.69) is 68.2 Å². The smallest absolute Gasteiger partial charge is 0.0739 e. The Hall–Kier alpha value is -1.58. The molecule has 0 spiro atoms. The molecule has 0 unspecified atom stereocenters. The van der Waals surface area contributed by atoms with Gasteiger partial charge in [-0.2, -0.15) is 12.6 Å². The van der Waals surface area contributed by atoms with Crippen LogP contribution in [-0.4, -0.2) is 24.3 Å². The van der Waals surface area contributed by atoms with Gasteiger partial charge >= 0.3 is 0 Å². The lowest BCUT2D eigenvalue weighted by atomic mass is 9.91. The van der Waals surface area contributed by atoms with Crippen LogP contribution < -0.4 is 5.32 Å². The average Bonchev–Trinajstić information content (AvgIpc) is 3.15. The standard InChI is InChI=1S/C20H24N2.CH4S/c1-3-5-17-6-4-12-22-20(17)19(18-11-13-21-14-18)16-9-7-15(2)8-10-16;1-2/h4,6-10,12,21H,3,5,11,13-14H2,1-2H3;2H,1H3/b19-18-;. The van der Waals surface area contributed by atoms with Gasteiger partial charge in [-0.1, -0.05) is 49.2 Å². The number of aryl methyl sites for hydroxylation is 2. The molecule has 2 heterocycles. The Bertz CT molecular complexity index is 666. The van der Waals surface area contributed by atoms with E-state index in [0.717, 1.165) is 32.4 Å². The number of hydrogen-bond donors (Lipinski definition) is 2. The molecule has 128 valence electrons. The van der Waals surface area contributed by atoms with Gasteiger partial charge in [0, 0.05) is 18.3 Å². The van der Waals surface area contributed by atoms with E-state index in [9.17, 15) is 0 Å². The van der Waals surface area contributed by atoms with E-state index in [1.54, 1.807) is 6.26 Å². The predicted octanol–water partition coefficient (Wildman–Crippen LogP) is 4.68. The molecule has 0 amide bonds. The Morgan fingerprint density at radius 2 is 1.92 bits per heavy atom. The van der Waals surface area contributed by atoms with Crippen LogP contribution in [-0.2, 0) is 6.42 Å². The predicted molar refractivity (Wildman–Crippen MR) is 108 cm³/mol. The Balaban J connectivity index is 0.00000100. The molecule has 1 N–H and O–H groups in total. The Morgan fingerprint density at radius 1 is 1.17 bits per heavy atom. The van der Waals surface area contributed by atoms with E-state index in [1.807, 2.05) is 6.20 Å². The summed E-state index contributed by atoms with van der Waals surface area (Å²) < 4.78 is 0. The largest absolute Gasteiger partial charge is 0.313 e. The lowest BCUT2D eigenvalue weighted by Gasteiger charge is -2.15. The summed E-state index contributed by atoms with van der Waals surface area (Å²) >= 11 is 3.53. The van der Waals surface area contributed by atoms with E-state index in [-0.39, 0.29) is 0 Å². The molecule has 24 heavy (non-hydrogen) atoms. The van der Waals surface area contributed by atoms with Crippen molar-refractivity contribution in [3.05, 3.63) is 70.6 Å². The zero-order valence-corrected chi connectivity index (χ0v) is 15.9.